The maximum Gasteiger partial charge on any atom is 0.251 e. The van der Waals surface area contributed by atoms with Crippen molar-refractivity contribution in [2.24, 2.45) is 0 Å². The number of carbonyl (C=O) groups is 2. The van der Waals surface area contributed by atoms with Crippen LogP contribution in [0.25, 0.3) is 0 Å². The Morgan fingerprint density at radius 3 is 3.00 bits per heavy atom. The molecule has 3 N–H and O–H groups in total. The summed E-state index contributed by atoms with van der Waals surface area (Å²) in [7, 11) is 1.58. The SMILES string of the molecule is COCCNC(=O)c1cccc(NC(=O)CNCC2CCCO2)c1. The second-order valence-electron chi connectivity index (χ2n) is 5.64. The van der Waals surface area contributed by atoms with Crippen LogP contribution in [0, 0.1) is 0 Å². The first-order chi connectivity index (χ1) is 11.7. The van der Waals surface area contributed by atoms with Gasteiger partial charge in [-0.15, -0.1) is 0 Å². The summed E-state index contributed by atoms with van der Waals surface area (Å²) in [5, 5.41) is 8.61. The second-order valence-corrected chi connectivity index (χ2v) is 5.64. The van der Waals surface area contributed by atoms with Crippen molar-refractivity contribution >= 4 is 17.5 Å². The molecule has 0 saturated carbocycles. The molecule has 0 aromatic heterocycles. The molecular formula is C17H25N3O4. The van der Waals surface area contributed by atoms with Crippen LogP contribution in [0.4, 0.5) is 5.69 Å². The van der Waals surface area contributed by atoms with Crippen LogP contribution < -0.4 is 16.0 Å². The Labute approximate surface area is 142 Å². The van der Waals surface area contributed by atoms with E-state index in [-0.39, 0.29) is 24.5 Å². The number of hydrogen-bond donors (Lipinski definition) is 3. The largest absolute Gasteiger partial charge is 0.383 e. The normalized spacial score (nSPS) is 16.8. The summed E-state index contributed by atoms with van der Waals surface area (Å²) in [6, 6.07) is 6.85. The second kappa shape index (κ2) is 10.0. The number of ether oxygens (including phenoxy) is 2. The van der Waals surface area contributed by atoms with E-state index in [0.717, 1.165) is 19.4 Å². The maximum absolute atomic E-state index is 12.0. The number of amides is 2. The topological polar surface area (TPSA) is 88.7 Å². The zero-order valence-electron chi connectivity index (χ0n) is 14.0. The Morgan fingerprint density at radius 1 is 1.38 bits per heavy atom. The summed E-state index contributed by atoms with van der Waals surface area (Å²) in [6.45, 7) is 2.59. The highest BCUT2D eigenvalue weighted by Gasteiger charge is 2.15. The van der Waals surface area contributed by atoms with Crippen molar-refractivity contribution in [2.75, 3.05) is 45.3 Å². The quantitative estimate of drug-likeness (QED) is 0.580. The Morgan fingerprint density at radius 2 is 2.25 bits per heavy atom. The first-order valence-corrected chi connectivity index (χ1v) is 8.18. The number of anilines is 1. The molecule has 7 heteroatoms. The van der Waals surface area contributed by atoms with Crippen LogP contribution in [0.5, 0.6) is 0 Å². The van der Waals surface area contributed by atoms with Crippen LogP contribution in [0.15, 0.2) is 24.3 Å². The predicted octanol–water partition coefficient (Wildman–Crippen LogP) is 0.770. The Kier molecular flexibility index (Phi) is 7.67. The number of nitrogens with one attached hydrogen (secondary N) is 3. The molecule has 1 aliphatic heterocycles. The van der Waals surface area contributed by atoms with Crippen LogP contribution >= 0.6 is 0 Å². The molecule has 2 amide bonds. The van der Waals surface area contributed by atoms with E-state index in [1.807, 2.05) is 0 Å². The average Bonchev–Trinajstić information content (AvgIpc) is 3.08. The number of methoxy groups -OCH3 is 1. The van der Waals surface area contributed by atoms with Crippen molar-refractivity contribution in [3.05, 3.63) is 29.8 Å². The van der Waals surface area contributed by atoms with Crippen LogP contribution in [-0.2, 0) is 14.3 Å². The minimum Gasteiger partial charge on any atom is -0.383 e. The first-order valence-electron chi connectivity index (χ1n) is 8.18. The van der Waals surface area contributed by atoms with Crippen LogP contribution in [0.1, 0.15) is 23.2 Å². The third kappa shape index (κ3) is 6.27. The number of rotatable bonds is 9. The highest BCUT2D eigenvalue weighted by atomic mass is 16.5. The van der Waals surface area contributed by atoms with Gasteiger partial charge in [0.1, 0.15) is 0 Å². The van der Waals surface area contributed by atoms with Crippen LogP contribution in [-0.4, -0.2) is 57.9 Å². The minimum atomic E-state index is -0.195. The van der Waals surface area contributed by atoms with Crippen LogP contribution in [0.3, 0.4) is 0 Å². The Balaban J connectivity index is 1.75. The lowest BCUT2D eigenvalue weighted by Crippen LogP contribution is -2.33. The molecule has 1 saturated heterocycles. The van der Waals surface area contributed by atoms with Gasteiger partial charge in [0.25, 0.3) is 5.91 Å². The third-order valence-electron chi connectivity index (χ3n) is 3.68. The van der Waals surface area contributed by atoms with Gasteiger partial charge in [-0.05, 0) is 31.0 Å². The monoisotopic (exact) mass is 335 g/mol. The lowest BCUT2D eigenvalue weighted by molar-refractivity contribution is -0.115. The van der Waals surface area contributed by atoms with Gasteiger partial charge in [-0.2, -0.15) is 0 Å². The van der Waals surface area contributed by atoms with Crippen molar-refractivity contribution in [1.82, 2.24) is 10.6 Å². The summed E-state index contributed by atoms with van der Waals surface area (Å²) in [5.74, 6) is -0.343. The van der Waals surface area contributed by atoms with Crippen molar-refractivity contribution in [1.29, 1.82) is 0 Å². The number of hydrogen-bond acceptors (Lipinski definition) is 5. The Hall–Kier alpha value is -1.96. The summed E-state index contributed by atoms with van der Waals surface area (Å²) in [6.07, 6.45) is 2.32. The number of benzene rings is 1. The lowest BCUT2D eigenvalue weighted by atomic mass is 10.2. The molecule has 0 spiro atoms. The van der Waals surface area contributed by atoms with E-state index in [9.17, 15) is 9.59 Å². The maximum atomic E-state index is 12.0. The molecule has 1 aromatic carbocycles. The third-order valence-corrected chi connectivity index (χ3v) is 3.68. The van der Waals surface area contributed by atoms with Crippen molar-refractivity contribution in [2.45, 2.75) is 18.9 Å². The molecule has 2 rings (SSSR count). The van der Waals surface area contributed by atoms with E-state index < -0.39 is 0 Å². The van der Waals surface area contributed by atoms with Crippen LogP contribution in [0.2, 0.25) is 0 Å². The zero-order chi connectivity index (χ0) is 17.2. The molecule has 0 radical (unpaired) electrons. The summed E-state index contributed by atoms with van der Waals surface area (Å²) < 4.78 is 10.4. The molecule has 0 aliphatic carbocycles. The van der Waals surface area contributed by atoms with E-state index in [1.165, 1.54) is 0 Å². The Bertz CT molecular complexity index is 544. The van der Waals surface area contributed by atoms with Gasteiger partial charge in [0.05, 0.1) is 19.3 Å². The van der Waals surface area contributed by atoms with E-state index in [4.69, 9.17) is 9.47 Å². The summed E-state index contributed by atoms with van der Waals surface area (Å²) in [5.41, 5.74) is 1.09. The van der Waals surface area contributed by atoms with Gasteiger partial charge in [-0.1, -0.05) is 6.07 Å². The minimum absolute atomic E-state index is 0.148. The van der Waals surface area contributed by atoms with Crippen molar-refractivity contribution in [3.8, 4) is 0 Å². The van der Waals surface area contributed by atoms with Crippen molar-refractivity contribution < 1.29 is 19.1 Å². The zero-order valence-corrected chi connectivity index (χ0v) is 14.0. The standard InChI is InChI=1S/C17H25N3O4/c1-23-9-7-19-17(22)13-4-2-5-14(10-13)20-16(21)12-18-11-15-6-3-8-24-15/h2,4-5,10,15,18H,3,6-9,11-12H2,1H3,(H,19,22)(H,20,21). The highest BCUT2D eigenvalue weighted by molar-refractivity contribution is 5.97. The average molecular weight is 335 g/mol. The summed E-state index contributed by atoms with van der Waals surface area (Å²) in [4.78, 5) is 23.9. The van der Waals surface area contributed by atoms with Gasteiger partial charge in [0, 0.05) is 38.1 Å². The smallest absolute Gasteiger partial charge is 0.251 e. The van der Waals surface area contributed by atoms with E-state index >= 15 is 0 Å². The molecule has 1 aliphatic rings. The molecule has 7 nitrogen and oxygen atoms in total. The fraction of sp³-hybridized carbons (Fsp3) is 0.529. The highest BCUT2D eigenvalue weighted by Crippen LogP contribution is 2.11. The van der Waals surface area contributed by atoms with E-state index in [2.05, 4.69) is 16.0 Å². The fourth-order valence-corrected chi connectivity index (χ4v) is 2.46. The molecular weight excluding hydrogens is 310 g/mol. The molecule has 24 heavy (non-hydrogen) atoms. The van der Waals surface area contributed by atoms with Gasteiger partial charge in [-0.3, -0.25) is 9.59 Å². The van der Waals surface area contributed by atoms with Gasteiger partial charge in [0.2, 0.25) is 5.91 Å². The van der Waals surface area contributed by atoms with Gasteiger partial charge >= 0.3 is 0 Å². The predicted molar refractivity (Wildman–Crippen MR) is 91.1 cm³/mol. The van der Waals surface area contributed by atoms with E-state index in [0.29, 0.717) is 30.9 Å². The van der Waals surface area contributed by atoms with Crippen molar-refractivity contribution in [3.63, 3.8) is 0 Å². The van der Waals surface area contributed by atoms with Gasteiger partial charge < -0.3 is 25.4 Å². The molecule has 132 valence electrons. The van der Waals surface area contributed by atoms with Gasteiger partial charge in [0.15, 0.2) is 0 Å². The van der Waals surface area contributed by atoms with E-state index in [1.54, 1.807) is 31.4 Å². The molecule has 1 aromatic rings. The lowest BCUT2D eigenvalue weighted by Gasteiger charge is -2.11. The molecule has 1 fully saturated rings. The number of carbonyl (C=O) groups excluding carboxylic acids is 2. The molecule has 1 unspecified atom stereocenters. The molecule has 0 bridgehead atoms. The fourth-order valence-electron chi connectivity index (χ4n) is 2.46. The first kappa shape index (κ1) is 18.4. The molecule has 1 heterocycles. The molecule has 1 atom stereocenters. The summed E-state index contributed by atoms with van der Waals surface area (Å²) >= 11 is 0. The van der Waals surface area contributed by atoms with Gasteiger partial charge in [-0.25, -0.2) is 0 Å².